The summed E-state index contributed by atoms with van der Waals surface area (Å²) >= 11 is 0. The average molecular weight is 319 g/mol. The summed E-state index contributed by atoms with van der Waals surface area (Å²) in [6.07, 6.45) is 9.10. The van der Waals surface area contributed by atoms with Crippen molar-refractivity contribution in [2.45, 2.75) is 70.9 Å². The number of hydrogen-bond donors (Lipinski definition) is 2. The summed E-state index contributed by atoms with van der Waals surface area (Å²) in [5.41, 5.74) is 0.761. The standard InChI is InChI=1S/C19H30N2O2/c1-3-23-18-14-10-9-13-17(18)21-19(22)15(2)20-16-11-7-5-4-6-8-12-16/h9-10,13-16,20H,3-8,11-12H2,1-2H3,(H,21,22)/p+1/t15-/m1/s1. The van der Waals surface area contributed by atoms with Gasteiger partial charge in [-0.05, 0) is 51.7 Å². The van der Waals surface area contributed by atoms with Gasteiger partial charge in [0, 0.05) is 0 Å². The molecule has 1 amide bonds. The van der Waals surface area contributed by atoms with Crippen LogP contribution in [0.4, 0.5) is 5.69 Å². The van der Waals surface area contributed by atoms with Crippen molar-refractivity contribution in [1.82, 2.24) is 0 Å². The minimum atomic E-state index is -0.0749. The molecular formula is C19H31N2O2+. The van der Waals surface area contributed by atoms with Crippen molar-refractivity contribution in [3.8, 4) is 5.75 Å². The highest BCUT2D eigenvalue weighted by molar-refractivity contribution is 5.94. The van der Waals surface area contributed by atoms with Crippen LogP contribution in [0.1, 0.15) is 58.8 Å². The Morgan fingerprint density at radius 1 is 1.22 bits per heavy atom. The first-order chi connectivity index (χ1) is 11.2. The van der Waals surface area contributed by atoms with Gasteiger partial charge in [0.15, 0.2) is 6.04 Å². The lowest BCUT2D eigenvalue weighted by Gasteiger charge is -2.22. The molecule has 4 nitrogen and oxygen atoms in total. The number of benzene rings is 1. The largest absolute Gasteiger partial charge is 0.492 e. The Labute approximate surface area is 140 Å². The van der Waals surface area contributed by atoms with E-state index >= 15 is 0 Å². The lowest BCUT2D eigenvalue weighted by Crippen LogP contribution is -2.96. The molecule has 2 rings (SSSR count). The fraction of sp³-hybridized carbons (Fsp3) is 0.632. The van der Waals surface area contributed by atoms with Crippen LogP contribution in [0.15, 0.2) is 24.3 Å². The van der Waals surface area contributed by atoms with E-state index in [-0.39, 0.29) is 11.9 Å². The summed E-state index contributed by atoms with van der Waals surface area (Å²) in [5, 5.41) is 5.27. The number of rotatable bonds is 6. The van der Waals surface area contributed by atoms with Crippen molar-refractivity contribution in [1.29, 1.82) is 0 Å². The Hall–Kier alpha value is -1.55. The van der Waals surface area contributed by atoms with Gasteiger partial charge < -0.3 is 15.4 Å². The van der Waals surface area contributed by atoms with Crippen LogP contribution in [0.2, 0.25) is 0 Å². The third-order valence-corrected chi connectivity index (χ3v) is 4.57. The first-order valence-electron chi connectivity index (χ1n) is 9.08. The van der Waals surface area contributed by atoms with Crippen LogP contribution in [-0.4, -0.2) is 24.6 Å². The number of carbonyl (C=O) groups is 1. The Kier molecular flexibility index (Phi) is 7.40. The topological polar surface area (TPSA) is 54.9 Å². The molecule has 1 aromatic carbocycles. The van der Waals surface area contributed by atoms with Gasteiger partial charge in [-0.2, -0.15) is 0 Å². The predicted molar refractivity (Wildman–Crippen MR) is 93.7 cm³/mol. The van der Waals surface area contributed by atoms with Gasteiger partial charge in [0.2, 0.25) is 0 Å². The number of amides is 1. The van der Waals surface area contributed by atoms with E-state index in [1.54, 1.807) is 0 Å². The van der Waals surface area contributed by atoms with Gasteiger partial charge in [0.05, 0.1) is 18.3 Å². The Morgan fingerprint density at radius 2 is 1.87 bits per heavy atom. The minimum absolute atomic E-state index is 0.0548. The van der Waals surface area contributed by atoms with Gasteiger partial charge in [0.25, 0.3) is 5.91 Å². The van der Waals surface area contributed by atoms with Crippen LogP contribution in [0.3, 0.4) is 0 Å². The van der Waals surface area contributed by atoms with Crippen LogP contribution >= 0.6 is 0 Å². The Balaban J connectivity index is 1.89. The van der Waals surface area contributed by atoms with Crippen LogP contribution < -0.4 is 15.4 Å². The lowest BCUT2D eigenvalue weighted by molar-refractivity contribution is -0.707. The molecule has 0 bridgehead atoms. The van der Waals surface area contributed by atoms with Crippen molar-refractivity contribution in [2.24, 2.45) is 0 Å². The molecular weight excluding hydrogens is 288 g/mol. The fourth-order valence-electron chi connectivity index (χ4n) is 3.27. The molecule has 1 aliphatic rings. The minimum Gasteiger partial charge on any atom is -0.492 e. The zero-order valence-corrected chi connectivity index (χ0v) is 14.5. The van der Waals surface area contributed by atoms with E-state index in [0.717, 1.165) is 11.4 Å². The molecule has 1 aromatic rings. The molecule has 1 fully saturated rings. The van der Waals surface area contributed by atoms with Crippen LogP contribution in [0, 0.1) is 0 Å². The molecule has 0 aliphatic heterocycles. The number of quaternary nitrogens is 1. The first kappa shape index (κ1) is 17.8. The van der Waals surface area contributed by atoms with Crippen LogP contribution in [0.25, 0.3) is 0 Å². The van der Waals surface area contributed by atoms with E-state index in [4.69, 9.17) is 4.74 Å². The zero-order valence-electron chi connectivity index (χ0n) is 14.5. The highest BCUT2D eigenvalue weighted by Gasteiger charge is 2.23. The number of para-hydroxylation sites is 2. The summed E-state index contributed by atoms with van der Waals surface area (Å²) < 4.78 is 5.57. The second kappa shape index (κ2) is 9.56. The van der Waals surface area contributed by atoms with E-state index in [2.05, 4.69) is 10.6 Å². The maximum absolute atomic E-state index is 12.5. The van der Waals surface area contributed by atoms with E-state index < -0.39 is 0 Å². The molecule has 0 spiro atoms. The molecule has 1 atom stereocenters. The number of nitrogens with one attached hydrogen (secondary N) is 1. The quantitative estimate of drug-likeness (QED) is 0.846. The van der Waals surface area contributed by atoms with Gasteiger partial charge in [-0.1, -0.05) is 31.4 Å². The zero-order chi connectivity index (χ0) is 16.5. The molecule has 3 N–H and O–H groups in total. The van der Waals surface area contributed by atoms with E-state index in [1.165, 1.54) is 44.9 Å². The predicted octanol–water partition coefficient (Wildman–Crippen LogP) is 3.09. The van der Waals surface area contributed by atoms with Crippen LogP contribution in [0.5, 0.6) is 5.75 Å². The van der Waals surface area contributed by atoms with Gasteiger partial charge in [-0.15, -0.1) is 0 Å². The third kappa shape index (κ3) is 5.87. The third-order valence-electron chi connectivity index (χ3n) is 4.57. The maximum Gasteiger partial charge on any atom is 0.282 e. The van der Waals surface area contributed by atoms with Crippen molar-refractivity contribution >= 4 is 11.6 Å². The average Bonchev–Trinajstić information content (AvgIpc) is 2.52. The molecule has 0 radical (unpaired) electrons. The Morgan fingerprint density at radius 3 is 2.57 bits per heavy atom. The SMILES string of the molecule is CCOc1ccccc1NC(=O)[C@@H](C)[NH2+]C1CCCCCCC1. The van der Waals surface area contributed by atoms with Crippen LogP contribution in [-0.2, 0) is 4.79 Å². The molecule has 4 heteroatoms. The van der Waals surface area contributed by atoms with Crippen molar-refractivity contribution in [3.05, 3.63) is 24.3 Å². The van der Waals surface area contributed by atoms with Gasteiger partial charge >= 0.3 is 0 Å². The van der Waals surface area contributed by atoms with Crippen molar-refractivity contribution < 1.29 is 14.8 Å². The second-order valence-electron chi connectivity index (χ2n) is 6.50. The van der Waals surface area contributed by atoms with E-state index in [0.29, 0.717) is 12.6 Å². The highest BCUT2D eigenvalue weighted by Crippen LogP contribution is 2.23. The summed E-state index contributed by atoms with van der Waals surface area (Å²) in [7, 11) is 0. The van der Waals surface area contributed by atoms with E-state index in [9.17, 15) is 4.79 Å². The smallest absolute Gasteiger partial charge is 0.282 e. The number of nitrogens with two attached hydrogens (primary N) is 1. The number of anilines is 1. The van der Waals surface area contributed by atoms with Gasteiger partial charge in [0.1, 0.15) is 5.75 Å². The van der Waals surface area contributed by atoms with Crippen molar-refractivity contribution in [3.63, 3.8) is 0 Å². The Bertz CT molecular complexity index is 482. The number of ether oxygens (including phenoxy) is 1. The first-order valence-corrected chi connectivity index (χ1v) is 9.08. The second-order valence-corrected chi connectivity index (χ2v) is 6.50. The molecule has 0 aromatic heterocycles. The van der Waals surface area contributed by atoms with Gasteiger partial charge in [-0.25, -0.2) is 0 Å². The number of hydrogen-bond acceptors (Lipinski definition) is 2. The number of carbonyl (C=O) groups excluding carboxylic acids is 1. The molecule has 1 saturated carbocycles. The monoisotopic (exact) mass is 319 g/mol. The molecule has 128 valence electrons. The fourth-order valence-corrected chi connectivity index (χ4v) is 3.27. The molecule has 0 unspecified atom stereocenters. The molecule has 1 aliphatic carbocycles. The highest BCUT2D eigenvalue weighted by atomic mass is 16.5. The summed E-state index contributed by atoms with van der Waals surface area (Å²) in [6, 6.07) is 8.13. The summed E-state index contributed by atoms with van der Waals surface area (Å²) in [4.78, 5) is 12.5. The van der Waals surface area contributed by atoms with E-state index in [1.807, 2.05) is 38.1 Å². The maximum atomic E-state index is 12.5. The summed E-state index contributed by atoms with van der Waals surface area (Å²) in [6.45, 7) is 4.54. The van der Waals surface area contributed by atoms with Gasteiger partial charge in [-0.3, -0.25) is 4.79 Å². The molecule has 0 saturated heterocycles. The van der Waals surface area contributed by atoms with Crippen molar-refractivity contribution in [2.75, 3.05) is 11.9 Å². The lowest BCUT2D eigenvalue weighted by atomic mass is 9.96. The normalized spacial score (nSPS) is 17.8. The molecule has 0 heterocycles. The molecule has 23 heavy (non-hydrogen) atoms. The summed E-state index contributed by atoms with van der Waals surface area (Å²) in [5.74, 6) is 0.792.